The summed E-state index contributed by atoms with van der Waals surface area (Å²) >= 11 is 0. The van der Waals surface area contributed by atoms with Crippen LogP contribution in [0.25, 0.3) is 0 Å². The molecule has 1 N–H and O–H groups in total. The molecule has 1 heterocycles. The Labute approximate surface area is 111 Å². The molecule has 0 aliphatic heterocycles. The van der Waals surface area contributed by atoms with E-state index in [2.05, 4.69) is 10.2 Å². The van der Waals surface area contributed by atoms with Gasteiger partial charge in [-0.15, -0.1) is 10.2 Å². The molecule has 1 atom stereocenters. The van der Waals surface area contributed by atoms with Crippen molar-refractivity contribution < 1.29 is 22.7 Å². The number of aliphatic carboxylic acids is 1. The van der Waals surface area contributed by atoms with Crippen LogP contribution in [-0.2, 0) is 21.1 Å². The van der Waals surface area contributed by atoms with E-state index in [4.69, 9.17) is 9.52 Å². The summed E-state index contributed by atoms with van der Waals surface area (Å²) in [6.07, 6.45) is 1.34. The van der Waals surface area contributed by atoms with E-state index >= 15 is 0 Å². The number of nitrogens with zero attached hydrogens (tertiary/aromatic N) is 2. The van der Waals surface area contributed by atoms with Crippen molar-refractivity contribution in [1.29, 1.82) is 0 Å². The van der Waals surface area contributed by atoms with E-state index in [1.807, 2.05) is 0 Å². The third kappa shape index (κ3) is 4.62. The van der Waals surface area contributed by atoms with Crippen molar-refractivity contribution in [2.24, 2.45) is 5.41 Å². The molecule has 1 unspecified atom stereocenters. The maximum Gasteiger partial charge on any atom is 0.303 e. The van der Waals surface area contributed by atoms with Gasteiger partial charge in [0.15, 0.2) is 9.84 Å². The summed E-state index contributed by atoms with van der Waals surface area (Å²) in [6.45, 7) is 5.00. The highest BCUT2D eigenvalue weighted by atomic mass is 32.2. The van der Waals surface area contributed by atoms with Crippen LogP contribution in [0.4, 0.5) is 0 Å². The van der Waals surface area contributed by atoms with Crippen LogP contribution in [0.2, 0.25) is 0 Å². The summed E-state index contributed by atoms with van der Waals surface area (Å²) in [5.41, 5.74) is -0.538. The lowest BCUT2D eigenvalue weighted by Gasteiger charge is -2.19. The summed E-state index contributed by atoms with van der Waals surface area (Å²) in [4.78, 5) is 10.7. The maximum atomic E-state index is 11.4. The van der Waals surface area contributed by atoms with E-state index < -0.39 is 26.5 Å². The van der Waals surface area contributed by atoms with Gasteiger partial charge in [-0.05, 0) is 12.3 Å². The molecule has 108 valence electrons. The van der Waals surface area contributed by atoms with Gasteiger partial charge in [-0.3, -0.25) is 4.79 Å². The number of hydrogen-bond donors (Lipinski definition) is 1. The standard InChI is InChI=1S/C11H18N2O5S/c1-7(19(4,16)17)10-13-12-8(18-10)5-11(2,3)6-9(14)15/h7H,5-6H2,1-4H3,(H,14,15). The molecule has 0 aromatic carbocycles. The first-order valence-electron chi connectivity index (χ1n) is 5.74. The third-order valence-electron chi connectivity index (χ3n) is 2.73. The minimum absolute atomic E-state index is 0.0311. The first-order valence-corrected chi connectivity index (χ1v) is 7.70. The van der Waals surface area contributed by atoms with Gasteiger partial charge < -0.3 is 9.52 Å². The number of rotatable bonds is 6. The van der Waals surface area contributed by atoms with Crippen LogP contribution in [-0.4, -0.2) is 35.9 Å². The van der Waals surface area contributed by atoms with Crippen LogP contribution < -0.4 is 0 Å². The van der Waals surface area contributed by atoms with E-state index in [-0.39, 0.29) is 24.6 Å². The minimum Gasteiger partial charge on any atom is -0.481 e. The Kier molecular flexibility index (Phi) is 4.34. The van der Waals surface area contributed by atoms with Crippen LogP contribution in [0, 0.1) is 5.41 Å². The fourth-order valence-electron chi connectivity index (χ4n) is 1.57. The van der Waals surface area contributed by atoms with Gasteiger partial charge in [0, 0.05) is 12.7 Å². The number of carbonyl (C=O) groups is 1. The molecule has 0 saturated heterocycles. The van der Waals surface area contributed by atoms with E-state index in [0.717, 1.165) is 6.26 Å². The highest BCUT2D eigenvalue weighted by Gasteiger charge is 2.28. The zero-order chi connectivity index (χ0) is 14.8. The zero-order valence-electron chi connectivity index (χ0n) is 11.4. The Morgan fingerprint density at radius 3 is 2.47 bits per heavy atom. The van der Waals surface area contributed by atoms with Gasteiger partial charge in [-0.1, -0.05) is 13.8 Å². The van der Waals surface area contributed by atoms with Gasteiger partial charge in [0.2, 0.25) is 11.8 Å². The summed E-state index contributed by atoms with van der Waals surface area (Å²) in [5, 5.41) is 15.4. The number of sulfone groups is 1. The zero-order valence-corrected chi connectivity index (χ0v) is 12.2. The van der Waals surface area contributed by atoms with E-state index in [0.29, 0.717) is 0 Å². The number of aromatic nitrogens is 2. The van der Waals surface area contributed by atoms with Gasteiger partial charge in [0.05, 0.1) is 6.42 Å². The van der Waals surface area contributed by atoms with Crippen molar-refractivity contribution in [3.05, 3.63) is 11.8 Å². The first-order chi connectivity index (χ1) is 8.51. The minimum atomic E-state index is -3.30. The topological polar surface area (TPSA) is 110 Å². The lowest BCUT2D eigenvalue weighted by atomic mass is 9.86. The second-order valence-corrected chi connectivity index (χ2v) is 7.78. The predicted octanol–water partition coefficient (Wildman–Crippen LogP) is 1.22. The molecular weight excluding hydrogens is 272 g/mol. The Morgan fingerprint density at radius 2 is 2.00 bits per heavy atom. The molecule has 0 fully saturated rings. The third-order valence-corrected chi connectivity index (χ3v) is 4.22. The lowest BCUT2D eigenvalue weighted by molar-refractivity contribution is -0.139. The quantitative estimate of drug-likeness (QED) is 0.838. The summed E-state index contributed by atoms with van der Waals surface area (Å²) in [5.74, 6) is -0.630. The van der Waals surface area contributed by atoms with Crippen molar-refractivity contribution in [1.82, 2.24) is 10.2 Å². The van der Waals surface area contributed by atoms with E-state index in [1.54, 1.807) is 13.8 Å². The molecule has 8 heteroatoms. The predicted molar refractivity (Wildman–Crippen MR) is 67.3 cm³/mol. The van der Waals surface area contributed by atoms with Crippen molar-refractivity contribution in [2.45, 2.75) is 38.9 Å². The average molecular weight is 290 g/mol. The van der Waals surface area contributed by atoms with Crippen molar-refractivity contribution in [3.63, 3.8) is 0 Å². The van der Waals surface area contributed by atoms with Crippen LogP contribution in [0.15, 0.2) is 4.42 Å². The molecule has 0 amide bonds. The van der Waals surface area contributed by atoms with Crippen LogP contribution in [0.5, 0.6) is 0 Å². The van der Waals surface area contributed by atoms with Crippen molar-refractivity contribution in [2.75, 3.05) is 6.26 Å². The fourth-order valence-corrected chi connectivity index (χ4v) is 2.03. The van der Waals surface area contributed by atoms with Crippen LogP contribution in [0.1, 0.15) is 44.2 Å². The Hall–Kier alpha value is -1.44. The van der Waals surface area contributed by atoms with Gasteiger partial charge in [0.1, 0.15) is 5.25 Å². The summed E-state index contributed by atoms with van der Waals surface area (Å²) < 4.78 is 28.0. The van der Waals surface area contributed by atoms with Gasteiger partial charge >= 0.3 is 5.97 Å². The second kappa shape index (κ2) is 5.28. The van der Waals surface area contributed by atoms with Gasteiger partial charge in [0.25, 0.3) is 0 Å². The van der Waals surface area contributed by atoms with Crippen LogP contribution in [0.3, 0.4) is 0 Å². The maximum absolute atomic E-state index is 11.4. The largest absolute Gasteiger partial charge is 0.481 e. The highest BCUT2D eigenvalue weighted by Crippen LogP contribution is 2.27. The smallest absolute Gasteiger partial charge is 0.303 e. The molecular formula is C11H18N2O5S. The molecule has 1 rings (SSSR count). The van der Waals surface area contributed by atoms with Crippen molar-refractivity contribution in [3.8, 4) is 0 Å². The second-order valence-electron chi connectivity index (χ2n) is 5.42. The molecule has 1 aromatic rings. The average Bonchev–Trinajstić information content (AvgIpc) is 2.60. The molecule has 0 spiro atoms. The fraction of sp³-hybridized carbons (Fsp3) is 0.727. The Morgan fingerprint density at radius 1 is 1.42 bits per heavy atom. The van der Waals surface area contributed by atoms with Gasteiger partial charge in [-0.25, -0.2) is 8.42 Å². The molecule has 0 bridgehead atoms. The number of carboxylic acid groups (broad SMARTS) is 1. The van der Waals surface area contributed by atoms with E-state index in [9.17, 15) is 13.2 Å². The number of carboxylic acids is 1. The molecule has 19 heavy (non-hydrogen) atoms. The summed E-state index contributed by atoms with van der Waals surface area (Å²) in [6, 6.07) is 0. The highest BCUT2D eigenvalue weighted by molar-refractivity contribution is 7.90. The normalized spacial score (nSPS) is 14.3. The summed E-state index contributed by atoms with van der Waals surface area (Å²) in [7, 11) is -3.30. The molecule has 0 aliphatic carbocycles. The monoisotopic (exact) mass is 290 g/mol. The van der Waals surface area contributed by atoms with Crippen molar-refractivity contribution >= 4 is 15.8 Å². The Bertz CT molecular complexity index is 561. The molecule has 0 saturated carbocycles. The molecule has 1 aromatic heterocycles. The lowest BCUT2D eigenvalue weighted by Crippen LogP contribution is -2.19. The van der Waals surface area contributed by atoms with E-state index in [1.165, 1.54) is 6.92 Å². The molecule has 0 radical (unpaired) electrons. The number of hydrogen-bond acceptors (Lipinski definition) is 6. The van der Waals surface area contributed by atoms with Gasteiger partial charge in [-0.2, -0.15) is 0 Å². The first kappa shape index (κ1) is 15.6. The molecule has 7 nitrogen and oxygen atoms in total. The van der Waals surface area contributed by atoms with Crippen LogP contribution >= 0.6 is 0 Å². The Balaban J connectivity index is 2.84. The molecule has 0 aliphatic rings. The SMILES string of the molecule is CC(c1nnc(CC(C)(C)CC(=O)O)o1)S(C)(=O)=O.